The van der Waals surface area contributed by atoms with Crippen molar-refractivity contribution < 1.29 is 0 Å². The first-order chi connectivity index (χ1) is 13.0. The van der Waals surface area contributed by atoms with Crippen LogP contribution >= 0.6 is 0 Å². The van der Waals surface area contributed by atoms with Gasteiger partial charge in [0.1, 0.15) is 0 Å². The topological polar surface area (TPSA) is 52.0 Å². The zero-order valence-corrected chi connectivity index (χ0v) is 19.8. The summed E-state index contributed by atoms with van der Waals surface area (Å²) in [6.07, 6.45) is 21.4. The summed E-state index contributed by atoms with van der Waals surface area (Å²) in [7, 11) is 0. The Morgan fingerprint density at radius 3 is 1.44 bits per heavy atom. The SMILES string of the molecule is CCCCCCC(CCCC)C(CCCC)(CCCC)C(N)(N)CCCC. The van der Waals surface area contributed by atoms with E-state index in [4.69, 9.17) is 11.5 Å². The second-order valence-corrected chi connectivity index (χ2v) is 9.20. The Balaban J connectivity index is 5.71. The summed E-state index contributed by atoms with van der Waals surface area (Å²) in [4.78, 5) is 0. The van der Waals surface area contributed by atoms with E-state index in [0.717, 1.165) is 12.8 Å². The third kappa shape index (κ3) is 9.31. The van der Waals surface area contributed by atoms with Gasteiger partial charge in [-0.1, -0.05) is 112 Å². The van der Waals surface area contributed by atoms with Gasteiger partial charge in [-0.25, -0.2) is 0 Å². The molecule has 0 aromatic rings. The number of hydrogen-bond acceptors (Lipinski definition) is 2. The molecule has 0 aliphatic rings. The van der Waals surface area contributed by atoms with Crippen LogP contribution in [0, 0.1) is 11.3 Å². The van der Waals surface area contributed by atoms with Gasteiger partial charge in [-0.15, -0.1) is 0 Å². The van der Waals surface area contributed by atoms with Gasteiger partial charge in [-0.2, -0.15) is 0 Å². The maximum absolute atomic E-state index is 7.04. The van der Waals surface area contributed by atoms with Gasteiger partial charge in [0.05, 0.1) is 5.66 Å². The molecule has 1 unspecified atom stereocenters. The van der Waals surface area contributed by atoms with Crippen molar-refractivity contribution in [2.75, 3.05) is 0 Å². The van der Waals surface area contributed by atoms with Gasteiger partial charge in [-0.05, 0) is 38.0 Å². The van der Waals surface area contributed by atoms with Crippen LogP contribution < -0.4 is 11.5 Å². The van der Waals surface area contributed by atoms with E-state index in [9.17, 15) is 0 Å². The van der Waals surface area contributed by atoms with Gasteiger partial charge in [0.2, 0.25) is 0 Å². The highest BCUT2D eigenvalue weighted by atomic mass is 15.0. The van der Waals surface area contributed by atoms with Crippen LogP contribution in [0.15, 0.2) is 0 Å². The molecule has 0 saturated heterocycles. The van der Waals surface area contributed by atoms with Crippen molar-refractivity contribution in [2.24, 2.45) is 22.8 Å². The molecule has 1 atom stereocenters. The minimum Gasteiger partial charge on any atom is -0.313 e. The predicted molar refractivity (Wildman–Crippen MR) is 124 cm³/mol. The quantitative estimate of drug-likeness (QED) is 0.176. The lowest BCUT2D eigenvalue weighted by Gasteiger charge is -2.52. The molecule has 0 rings (SSSR count). The summed E-state index contributed by atoms with van der Waals surface area (Å²) < 4.78 is 0. The normalized spacial score (nSPS) is 13.9. The van der Waals surface area contributed by atoms with E-state index >= 15 is 0 Å². The monoisotopic (exact) mass is 382 g/mol. The van der Waals surface area contributed by atoms with Gasteiger partial charge in [0.25, 0.3) is 0 Å². The summed E-state index contributed by atoms with van der Waals surface area (Å²) in [5.41, 5.74) is 13.7. The smallest absolute Gasteiger partial charge is 0.0697 e. The third-order valence-corrected chi connectivity index (χ3v) is 6.92. The standard InChI is InChI=1S/C25H54N2/c1-6-11-16-17-19-23(18-12-7-2)24(20-13-8-3,21-14-9-4)25(26,27)22-15-10-5/h23H,6-22,26-27H2,1-5H3. The lowest BCUT2D eigenvalue weighted by Crippen LogP contribution is -2.65. The van der Waals surface area contributed by atoms with Crippen molar-refractivity contribution in [1.29, 1.82) is 0 Å². The number of nitrogens with two attached hydrogens (primary N) is 2. The van der Waals surface area contributed by atoms with E-state index < -0.39 is 5.66 Å². The van der Waals surface area contributed by atoms with Crippen LogP contribution in [0.25, 0.3) is 0 Å². The third-order valence-electron chi connectivity index (χ3n) is 6.92. The molecule has 2 heteroatoms. The van der Waals surface area contributed by atoms with Crippen LogP contribution in [-0.4, -0.2) is 5.66 Å². The Bertz CT molecular complexity index is 316. The molecule has 27 heavy (non-hydrogen) atoms. The summed E-state index contributed by atoms with van der Waals surface area (Å²) >= 11 is 0. The number of unbranched alkanes of at least 4 members (excludes halogenated alkanes) is 7. The maximum atomic E-state index is 7.04. The van der Waals surface area contributed by atoms with Gasteiger partial charge in [0.15, 0.2) is 0 Å². The van der Waals surface area contributed by atoms with Crippen LogP contribution in [0.4, 0.5) is 0 Å². The lowest BCUT2D eigenvalue weighted by atomic mass is 9.57. The second kappa shape index (κ2) is 15.8. The largest absolute Gasteiger partial charge is 0.313 e. The highest BCUT2D eigenvalue weighted by molar-refractivity contribution is 5.02. The summed E-state index contributed by atoms with van der Waals surface area (Å²) in [6, 6.07) is 0. The number of rotatable bonds is 19. The molecule has 0 fully saturated rings. The zero-order chi connectivity index (χ0) is 20.6. The summed E-state index contributed by atoms with van der Waals surface area (Å²) in [5, 5.41) is 0. The molecule has 0 saturated carbocycles. The van der Waals surface area contributed by atoms with Crippen molar-refractivity contribution in [3.8, 4) is 0 Å². The zero-order valence-electron chi connectivity index (χ0n) is 19.8. The molecule has 0 aliphatic carbocycles. The minimum absolute atomic E-state index is 0.121. The van der Waals surface area contributed by atoms with Gasteiger partial charge < -0.3 is 11.5 Å². The van der Waals surface area contributed by atoms with E-state index in [2.05, 4.69) is 34.6 Å². The molecule has 0 heterocycles. The molecule has 0 radical (unpaired) electrons. The molecule has 0 bridgehead atoms. The van der Waals surface area contributed by atoms with Crippen LogP contribution in [0.2, 0.25) is 0 Å². The summed E-state index contributed by atoms with van der Waals surface area (Å²) in [5.74, 6) is 0.694. The number of hydrogen-bond donors (Lipinski definition) is 2. The Morgan fingerprint density at radius 2 is 0.963 bits per heavy atom. The highest BCUT2D eigenvalue weighted by Gasteiger charge is 2.49. The first-order valence-corrected chi connectivity index (χ1v) is 12.5. The van der Waals surface area contributed by atoms with Crippen molar-refractivity contribution in [2.45, 2.75) is 149 Å². The van der Waals surface area contributed by atoms with Gasteiger partial charge in [-0.3, -0.25) is 0 Å². The fraction of sp³-hybridized carbons (Fsp3) is 1.00. The van der Waals surface area contributed by atoms with Crippen LogP contribution in [0.5, 0.6) is 0 Å². The molecule has 0 aromatic heterocycles. The Hall–Kier alpha value is -0.0800. The average molecular weight is 383 g/mol. The maximum Gasteiger partial charge on any atom is 0.0697 e. The van der Waals surface area contributed by atoms with E-state index in [1.807, 2.05) is 0 Å². The van der Waals surface area contributed by atoms with Crippen LogP contribution in [-0.2, 0) is 0 Å². The van der Waals surface area contributed by atoms with Crippen LogP contribution in [0.1, 0.15) is 144 Å². The molecule has 0 aromatic carbocycles. The Labute approximate surface area is 172 Å². The van der Waals surface area contributed by atoms with E-state index in [1.165, 1.54) is 96.3 Å². The van der Waals surface area contributed by atoms with Crippen molar-refractivity contribution in [3.63, 3.8) is 0 Å². The first kappa shape index (κ1) is 26.9. The fourth-order valence-corrected chi connectivity index (χ4v) is 5.05. The lowest BCUT2D eigenvalue weighted by molar-refractivity contribution is 0.00169. The Kier molecular flexibility index (Phi) is 15.8. The molecule has 164 valence electrons. The van der Waals surface area contributed by atoms with E-state index in [-0.39, 0.29) is 5.41 Å². The average Bonchev–Trinajstić information content (AvgIpc) is 2.66. The van der Waals surface area contributed by atoms with Crippen LogP contribution in [0.3, 0.4) is 0 Å². The molecule has 0 amide bonds. The highest BCUT2D eigenvalue weighted by Crippen LogP contribution is 2.50. The van der Waals surface area contributed by atoms with Crippen molar-refractivity contribution in [1.82, 2.24) is 0 Å². The molecule has 4 N–H and O–H groups in total. The van der Waals surface area contributed by atoms with E-state index in [0.29, 0.717) is 5.92 Å². The van der Waals surface area contributed by atoms with Crippen molar-refractivity contribution >= 4 is 0 Å². The van der Waals surface area contributed by atoms with Gasteiger partial charge >= 0.3 is 0 Å². The predicted octanol–water partition coefficient (Wildman–Crippen LogP) is 7.93. The molecule has 2 nitrogen and oxygen atoms in total. The molecular weight excluding hydrogens is 328 g/mol. The van der Waals surface area contributed by atoms with Crippen molar-refractivity contribution in [3.05, 3.63) is 0 Å². The molecular formula is C25H54N2. The summed E-state index contributed by atoms with van der Waals surface area (Å²) in [6.45, 7) is 11.5. The minimum atomic E-state index is -0.517. The Morgan fingerprint density at radius 1 is 0.519 bits per heavy atom. The first-order valence-electron chi connectivity index (χ1n) is 12.5. The fourth-order valence-electron chi connectivity index (χ4n) is 5.05. The van der Waals surface area contributed by atoms with Gasteiger partial charge in [0, 0.05) is 5.41 Å². The molecule has 0 spiro atoms. The second-order valence-electron chi connectivity index (χ2n) is 9.20. The van der Waals surface area contributed by atoms with E-state index in [1.54, 1.807) is 0 Å². The molecule has 0 aliphatic heterocycles.